The number of Topliss-reactive ketones (excluding diaryl/α,β-unsaturated/α-hetero) is 2. The number of allylic oxidation sites excluding steroid dienone is 4. The fourth-order valence-electron chi connectivity index (χ4n) is 5.33. The van der Waals surface area contributed by atoms with Gasteiger partial charge in [0.1, 0.15) is 6.07 Å². The van der Waals surface area contributed by atoms with Crippen LogP contribution in [0.5, 0.6) is 0 Å². The maximum Gasteiger partial charge on any atom is 0.167 e. The molecule has 3 aliphatic rings. The van der Waals surface area contributed by atoms with Gasteiger partial charge in [0.05, 0.1) is 11.1 Å². The summed E-state index contributed by atoms with van der Waals surface area (Å²) in [6.45, 7) is 9.15. The van der Waals surface area contributed by atoms with E-state index in [0.717, 1.165) is 69.7 Å². The Kier molecular flexibility index (Phi) is 7.95. The number of rotatable bonds is 7. The van der Waals surface area contributed by atoms with E-state index in [4.69, 9.17) is 0 Å². The van der Waals surface area contributed by atoms with Gasteiger partial charge in [-0.15, -0.1) is 0 Å². The van der Waals surface area contributed by atoms with Gasteiger partial charge in [0.15, 0.2) is 11.6 Å². The van der Waals surface area contributed by atoms with Crippen LogP contribution >= 0.6 is 0 Å². The van der Waals surface area contributed by atoms with Gasteiger partial charge in [-0.1, -0.05) is 13.8 Å². The Hall–Kier alpha value is -1.97. The number of carbonyl (C=O) groups is 2. The Morgan fingerprint density at radius 2 is 1.62 bits per heavy atom. The van der Waals surface area contributed by atoms with Gasteiger partial charge in [0, 0.05) is 44.7 Å². The third-order valence-electron chi connectivity index (χ3n) is 7.15. The maximum absolute atomic E-state index is 13.2. The van der Waals surface area contributed by atoms with E-state index < -0.39 is 0 Å². The second-order valence-corrected chi connectivity index (χ2v) is 11.0. The molecule has 1 heterocycles. The topological polar surface area (TPSA) is 67.7 Å². The minimum Gasteiger partial charge on any atom is -0.374 e. The molecule has 0 aromatic carbocycles. The van der Waals surface area contributed by atoms with Crippen molar-refractivity contribution >= 4 is 11.6 Å². The van der Waals surface area contributed by atoms with Crippen molar-refractivity contribution in [2.24, 2.45) is 11.3 Å². The molecule has 1 saturated carbocycles. The summed E-state index contributed by atoms with van der Waals surface area (Å²) in [5, 5.41) is 10.1. The molecule has 0 radical (unpaired) electrons. The van der Waals surface area contributed by atoms with E-state index in [1.54, 1.807) is 0 Å². The number of likely N-dealkylation sites (tertiary alicyclic amines) is 1. The monoisotopic (exact) mass is 440 g/mol. The predicted octanol–water partition coefficient (Wildman–Crippen LogP) is 3.41. The number of nitrogens with zero attached hydrogens (tertiary/aromatic N) is 4. The largest absolute Gasteiger partial charge is 0.374 e. The zero-order valence-electron chi connectivity index (χ0n) is 20.7. The molecule has 0 aromatic rings. The molecule has 0 unspecified atom stereocenters. The van der Waals surface area contributed by atoms with Crippen molar-refractivity contribution in [2.75, 3.05) is 53.9 Å². The Morgan fingerprint density at radius 1 is 1.00 bits per heavy atom. The van der Waals surface area contributed by atoms with Crippen LogP contribution in [0.25, 0.3) is 0 Å². The van der Waals surface area contributed by atoms with Crippen LogP contribution < -0.4 is 0 Å². The molecule has 6 heteroatoms. The van der Waals surface area contributed by atoms with Gasteiger partial charge in [-0.25, -0.2) is 0 Å². The van der Waals surface area contributed by atoms with Gasteiger partial charge in [0.25, 0.3) is 0 Å². The van der Waals surface area contributed by atoms with E-state index in [0.29, 0.717) is 30.4 Å². The SMILES string of the molecule is CN(C)CCN(C)CCC1CC(=O)C(=C2CC(C)(C)CC(N3CCCC3)=C2C#N)C(=O)C1. The predicted molar refractivity (Wildman–Crippen MR) is 127 cm³/mol. The number of hydrogen-bond acceptors (Lipinski definition) is 6. The zero-order valence-corrected chi connectivity index (χ0v) is 20.7. The summed E-state index contributed by atoms with van der Waals surface area (Å²) < 4.78 is 0. The third-order valence-corrected chi connectivity index (χ3v) is 7.15. The molecule has 0 N–H and O–H groups in total. The van der Waals surface area contributed by atoms with Crippen molar-refractivity contribution in [2.45, 2.75) is 58.8 Å². The standard InChI is InChI=1S/C26H40N4O2/c1-26(2)16-20(21(18-27)22(17-26)30-9-6-7-10-30)25-23(31)14-19(15-24(25)32)8-11-29(5)13-12-28(3)4/h19H,6-17H2,1-5H3. The van der Waals surface area contributed by atoms with Crippen LogP contribution in [0.1, 0.15) is 58.8 Å². The molecule has 2 fully saturated rings. The first-order chi connectivity index (χ1) is 15.1. The lowest BCUT2D eigenvalue weighted by molar-refractivity contribution is -0.125. The summed E-state index contributed by atoms with van der Waals surface area (Å²) in [6.07, 6.45) is 5.42. The first kappa shape index (κ1) is 24.7. The average Bonchev–Trinajstić information content (AvgIpc) is 3.24. The van der Waals surface area contributed by atoms with E-state index in [2.05, 4.69) is 55.8 Å². The van der Waals surface area contributed by atoms with Gasteiger partial charge in [-0.3, -0.25) is 9.59 Å². The van der Waals surface area contributed by atoms with Crippen LogP contribution in [0.15, 0.2) is 22.4 Å². The molecular weight excluding hydrogens is 400 g/mol. The van der Waals surface area contributed by atoms with Crippen molar-refractivity contribution in [1.29, 1.82) is 5.26 Å². The van der Waals surface area contributed by atoms with Gasteiger partial charge in [-0.05, 0) is 76.7 Å². The maximum atomic E-state index is 13.2. The smallest absolute Gasteiger partial charge is 0.167 e. The highest BCUT2D eigenvalue weighted by Gasteiger charge is 2.40. The lowest BCUT2D eigenvalue weighted by Gasteiger charge is -2.38. The highest BCUT2D eigenvalue weighted by atomic mass is 16.1. The highest BCUT2D eigenvalue weighted by molar-refractivity contribution is 6.23. The van der Waals surface area contributed by atoms with E-state index in [1.807, 2.05) is 0 Å². The van der Waals surface area contributed by atoms with Crippen LogP contribution in [0, 0.1) is 22.7 Å². The van der Waals surface area contributed by atoms with Gasteiger partial charge < -0.3 is 14.7 Å². The number of likely N-dealkylation sites (N-methyl/N-ethyl adjacent to an activating group) is 2. The van der Waals surface area contributed by atoms with E-state index in [-0.39, 0.29) is 22.9 Å². The lowest BCUT2D eigenvalue weighted by Crippen LogP contribution is -2.34. The van der Waals surface area contributed by atoms with E-state index >= 15 is 0 Å². The number of carbonyl (C=O) groups excluding carboxylic acids is 2. The molecule has 32 heavy (non-hydrogen) atoms. The summed E-state index contributed by atoms with van der Waals surface area (Å²) in [5.41, 5.74) is 2.65. The van der Waals surface area contributed by atoms with Gasteiger partial charge >= 0.3 is 0 Å². The molecule has 0 atom stereocenters. The minimum absolute atomic E-state index is 0.0524. The van der Waals surface area contributed by atoms with Crippen molar-refractivity contribution in [1.82, 2.24) is 14.7 Å². The molecule has 2 aliphatic carbocycles. The lowest BCUT2D eigenvalue weighted by atomic mass is 9.69. The summed E-state index contributed by atoms with van der Waals surface area (Å²) in [7, 11) is 6.22. The summed E-state index contributed by atoms with van der Waals surface area (Å²) in [6, 6.07) is 2.40. The van der Waals surface area contributed by atoms with Crippen LogP contribution in [0.3, 0.4) is 0 Å². The fraction of sp³-hybridized carbons (Fsp3) is 0.731. The molecule has 0 bridgehead atoms. The zero-order chi connectivity index (χ0) is 23.5. The Morgan fingerprint density at radius 3 is 2.19 bits per heavy atom. The summed E-state index contributed by atoms with van der Waals surface area (Å²) >= 11 is 0. The Balaban J connectivity index is 1.79. The Bertz CT molecular complexity index is 820. The van der Waals surface area contributed by atoms with Crippen LogP contribution in [0.2, 0.25) is 0 Å². The molecule has 0 spiro atoms. The van der Waals surface area contributed by atoms with E-state index in [1.165, 1.54) is 0 Å². The molecule has 1 saturated heterocycles. The normalized spacial score (nSPS) is 24.2. The third kappa shape index (κ3) is 5.88. The minimum atomic E-state index is -0.0623. The summed E-state index contributed by atoms with van der Waals surface area (Å²) in [4.78, 5) is 33.2. The molecule has 6 nitrogen and oxygen atoms in total. The number of hydrogen-bond donors (Lipinski definition) is 0. The molecule has 3 rings (SSSR count). The molecule has 176 valence electrons. The van der Waals surface area contributed by atoms with Crippen LogP contribution in [0.4, 0.5) is 0 Å². The van der Waals surface area contributed by atoms with Gasteiger partial charge in [0.2, 0.25) is 0 Å². The molecular formula is C26H40N4O2. The Labute approximate surface area is 193 Å². The van der Waals surface area contributed by atoms with Crippen molar-refractivity contribution in [3.63, 3.8) is 0 Å². The first-order valence-corrected chi connectivity index (χ1v) is 12.1. The number of nitriles is 1. The number of ketones is 2. The molecule has 0 aromatic heterocycles. The van der Waals surface area contributed by atoms with E-state index in [9.17, 15) is 14.9 Å². The quantitative estimate of drug-likeness (QED) is 0.446. The van der Waals surface area contributed by atoms with Crippen molar-refractivity contribution in [3.8, 4) is 6.07 Å². The van der Waals surface area contributed by atoms with Crippen molar-refractivity contribution < 1.29 is 9.59 Å². The second kappa shape index (κ2) is 10.3. The molecule has 0 amide bonds. The fourth-order valence-corrected chi connectivity index (χ4v) is 5.33. The first-order valence-electron chi connectivity index (χ1n) is 12.1. The molecule has 1 aliphatic heterocycles. The van der Waals surface area contributed by atoms with Gasteiger partial charge in [-0.2, -0.15) is 5.26 Å². The van der Waals surface area contributed by atoms with Crippen LogP contribution in [-0.2, 0) is 9.59 Å². The average molecular weight is 441 g/mol. The highest BCUT2D eigenvalue weighted by Crippen LogP contribution is 2.46. The van der Waals surface area contributed by atoms with Crippen LogP contribution in [-0.4, -0.2) is 80.1 Å². The summed E-state index contributed by atoms with van der Waals surface area (Å²) in [5.74, 6) is -0.00263. The van der Waals surface area contributed by atoms with Crippen molar-refractivity contribution in [3.05, 3.63) is 22.4 Å². The second-order valence-electron chi connectivity index (χ2n) is 11.0.